The summed E-state index contributed by atoms with van der Waals surface area (Å²) >= 11 is 6.05. The van der Waals surface area contributed by atoms with Gasteiger partial charge in [-0.15, -0.1) is 0 Å². The van der Waals surface area contributed by atoms with Crippen LogP contribution in [0.25, 0.3) is 0 Å². The largest absolute Gasteiger partial charge is 0.322 e. The molecule has 2 rings (SSSR count). The van der Waals surface area contributed by atoms with Crippen molar-refractivity contribution in [3.8, 4) is 0 Å². The van der Waals surface area contributed by atoms with Gasteiger partial charge in [0, 0.05) is 18.9 Å². The second-order valence-electron chi connectivity index (χ2n) is 5.82. The van der Waals surface area contributed by atoms with E-state index < -0.39 is 0 Å². The molecule has 2 aromatic rings. The quantitative estimate of drug-likeness (QED) is 0.895. The van der Waals surface area contributed by atoms with E-state index in [-0.39, 0.29) is 6.03 Å². The van der Waals surface area contributed by atoms with Gasteiger partial charge in [-0.25, -0.2) is 4.79 Å². The number of urea groups is 1. The van der Waals surface area contributed by atoms with Gasteiger partial charge in [-0.05, 0) is 30.5 Å². The first kappa shape index (κ1) is 17.2. The highest BCUT2D eigenvalue weighted by atomic mass is 35.5. The van der Waals surface area contributed by atoms with Gasteiger partial charge in [-0.3, -0.25) is 9.97 Å². The lowest BCUT2D eigenvalue weighted by Gasteiger charge is -2.25. The van der Waals surface area contributed by atoms with Crippen molar-refractivity contribution in [2.24, 2.45) is 5.92 Å². The number of pyridine rings is 2. The number of aromatic nitrogens is 2. The second-order valence-corrected chi connectivity index (χ2v) is 6.23. The number of amides is 2. The van der Waals surface area contributed by atoms with Crippen LogP contribution in [0, 0.1) is 12.8 Å². The molecule has 23 heavy (non-hydrogen) atoms. The lowest BCUT2D eigenvalue weighted by molar-refractivity contribution is 0.201. The lowest BCUT2D eigenvalue weighted by Crippen LogP contribution is -2.37. The first-order chi connectivity index (χ1) is 11.0. The summed E-state index contributed by atoms with van der Waals surface area (Å²) in [6, 6.07) is 5.50. The topological polar surface area (TPSA) is 58.1 Å². The summed E-state index contributed by atoms with van der Waals surface area (Å²) < 4.78 is 0. The molecule has 0 atom stereocenters. The van der Waals surface area contributed by atoms with Gasteiger partial charge in [0.2, 0.25) is 0 Å². The number of nitrogens with zero attached hydrogens (tertiary/aromatic N) is 3. The molecule has 2 amide bonds. The molecule has 0 saturated carbocycles. The zero-order valence-corrected chi connectivity index (χ0v) is 14.3. The van der Waals surface area contributed by atoms with E-state index in [2.05, 4.69) is 29.1 Å². The van der Waals surface area contributed by atoms with Gasteiger partial charge in [-0.2, -0.15) is 0 Å². The maximum absolute atomic E-state index is 12.6. The van der Waals surface area contributed by atoms with Crippen LogP contribution in [0.2, 0.25) is 5.02 Å². The van der Waals surface area contributed by atoms with Crippen LogP contribution >= 0.6 is 11.6 Å². The molecule has 0 aliphatic carbocycles. The van der Waals surface area contributed by atoms with Crippen molar-refractivity contribution in [3.05, 3.63) is 53.1 Å². The van der Waals surface area contributed by atoms with Gasteiger partial charge in [0.15, 0.2) is 0 Å². The molecule has 0 fully saturated rings. The average Bonchev–Trinajstić information content (AvgIpc) is 2.52. The number of hydrogen-bond donors (Lipinski definition) is 1. The molecule has 0 aromatic carbocycles. The standard InChI is InChI=1S/C17H21ClN4O/c1-12(2)10-22(11-14-6-4-5-7-20-14)17(23)21-16-9-19-8-15(18)13(16)3/h4-9,12H,10-11H2,1-3H3,(H,21,23). The summed E-state index contributed by atoms with van der Waals surface area (Å²) in [5, 5.41) is 3.42. The molecule has 2 aromatic heterocycles. The fourth-order valence-electron chi connectivity index (χ4n) is 2.17. The molecule has 122 valence electrons. The Morgan fingerprint density at radius 1 is 1.35 bits per heavy atom. The first-order valence-electron chi connectivity index (χ1n) is 7.53. The van der Waals surface area contributed by atoms with Gasteiger partial charge in [0.05, 0.1) is 29.1 Å². The van der Waals surface area contributed by atoms with E-state index in [1.165, 1.54) is 0 Å². The molecule has 0 radical (unpaired) electrons. The molecule has 2 heterocycles. The third kappa shape index (κ3) is 4.93. The monoisotopic (exact) mass is 332 g/mol. The normalized spacial score (nSPS) is 10.7. The fourth-order valence-corrected chi connectivity index (χ4v) is 2.33. The van der Waals surface area contributed by atoms with Crippen LogP contribution in [0.1, 0.15) is 25.1 Å². The van der Waals surface area contributed by atoms with Crippen molar-refractivity contribution in [2.75, 3.05) is 11.9 Å². The van der Waals surface area contributed by atoms with E-state index in [0.717, 1.165) is 11.3 Å². The smallest absolute Gasteiger partial charge is 0.318 e. The Hall–Kier alpha value is -2.14. The average molecular weight is 333 g/mol. The van der Waals surface area contributed by atoms with Gasteiger partial charge in [0.25, 0.3) is 0 Å². The van der Waals surface area contributed by atoms with Gasteiger partial charge >= 0.3 is 6.03 Å². The molecule has 0 aliphatic heterocycles. The Morgan fingerprint density at radius 3 is 2.78 bits per heavy atom. The second kappa shape index (κ2) is 7.92. The molecule has 0 bridgehead atoms. The number of rotatable bonds is 5. The molecular weight excluding hydrogens is 312 g/mol. The van der Waals surface area contributed by atoms with Crippen molar-refractivity contribution < 1.29 is 4.79 Å². The Bertz CT molecular complexity index is 661. The molecule has 5 nitrogen and oxygen atoms in total. The predicted octanol–water partition coefficient (Wildman–Crippen LogP) is 4.13. The Balaban J connectivity index is 2.14. The third-order valence-electron chi connectivity index (χ3n) is 3.35. The lowest BCUT2D eigenvalue weighted by atomic mass is 10.2. The van der Waals surface area contributed by atoms with Gasteiger partial charge in [-0.1, -0.05) is 31.5 Å². The Labute approximate surface area is 141 Å². The van der Waals surface area contributed by atoms with Gasteiger partial charge < -0.3 is 10.2 Å². The predicted molar refractivity (Wildman–Crippen MR) is 92.5 cm³/mol. The minimum Gasteiger partial charge on any atom is -0.318 e. The van der Waals surface area contributed by atoms with Crippen molar-refractivity contribution in [2.45, 2.75) is 27.3 Å². The Morgan fingerprint density at radius 2 is 2.13 bits per heavy atom. The van der Waals surface area contributed by atoms with Gasteiger partial charge in [0.1, 0.15) is 0 Å². The highest BCUT2D eigenvalue weighted by molar-refractivity contribution is 6.31. The van der Waals surface area contributed by atoms with Crippen molar-refractivity contribution in [1.82, 2.24) is 14.9 Å². The van der Waals surface area contributed by atoms with Crippen LogP contribution in [0.15, 0.2) is 36.8 Å². The van der Waals surface area contributed by atoms with Crippen LogP contribution in [0.3, 0.4) is 0 Å². The summed E-state index contributed by atoms with van der Waals surface area (Å²) in [4.78, 5) is 22.7. The minimum atomic E-state index is -0.184. The molecular formula is C17H21ClN4O. The number of carbonyl (C=O) groups is 1. The Kier molecular flexibility index (Phi) is 5.93. The molecule has 6 heteroatoms. The summed E-state index contributed by atoms with van der Waals surface area (Å²) in [5.41, 5.74) is 2.28. The van der Waals surface area contributed by atoms with Crippen LogP contribution in [0.5, 0.6) is 0 Å². The number of nitrogens with one attached hydrogen (secondary N) is 1. The molecule has 0 spiro atoms. The SMILES string of the molecule is Cc1c(Cl)cncc1NC(=O)N(Cc1ccccn1)CC(C)C. The van der Waals surface area contributed by atoms with Crippen LogP contribution in [-0.2, 0) is 6.54 Å². The number of carbonyl (C=O) groups excluding carboxylic acids is 1. The highest BCUT2D eigenvalue weighted by Crippen LogP contribution is 2.22. The van der Waals surface area contributed by atoms with E-state index in [0.29, 0.717) is 29.7 Å². The number of halogens is 1. The van der Waals surface area contributed by atoms with Crippen molar-refractivity contribution in [3.63, 3.8) is 0 Å². The van der Waals surface area contributed by atoms with Crippen LogP contribution in [-0.4, -0.2) is 27.4 Å². The van der Waals surface area contributed by atoms with Crippen LogP contribution in [0.4, 0.5) is 10.5 Å². The van der Waals surface area contributed by atoms with E-state index in [9.17, 15) is 4.79 Å². The van der Waals surface area contributed by atoms with Crippen molar-refractivity contribution >= 4 is 23.3 Å². The molecule has 0 saturated heterocycles. The third-order valence-corrected chi connectivity index (χ3v) is 3.73. The first-order valence-corrected chi connectivity index (χ1v) is 7.91. The van der Waals surface area contributed by atoms with E-state index in [1.54, 1.807) is 23.5 Å². The summed E-state index contributed by atoms with van der Waals surface area (Å²) in [6.45, 7) is 7.09. The summed E-state index contributed by atoms with van der Waals surface area (Å²) in [5.74, 6) is 0.350. The summed E-state index contributed by atoms with van der Waals surface area (Å²) in [7, 11) is 0. The van der Waals surface area contributed by atoms with Crippen LogP contribution < -0.4 is 5.32 Å². The molecule has 1 N–H and O–H groups in total. The van der Waals surface area contributed by atoms with E-state index in [1.807, 2.05) is 25.1 Å². The molecule has 0 unspecified atom stereocenters. The number of hydrogen-bond acceptors (Lipinski definition) is 3. The number of anilines is 1. The minimum absolute atomic E-state index is 0.184. The zero-order valence-electron chi connectivity index (χ0n) is 13.6. The molecule has 0 aliphatic rings. The summed E-state index contributed by atoms with van der Waals surface area (Å²) in [6.07, 6.45) is 4.89. The maximum atomic E-state index is 12.6. The van der Waals surface area contributed by atoms with E-state index in [4.69, 9.17) is 11.6 Å². The zero-order chi connectivity index (χ0) is 16.8. The van der Waals surface area contributed by atoms with E-state index >= 15 is 0 Å². The van der Waals surface area contributed by atoms with Crippen molar-refractivity contribution in [1.29, 1.82) is 0 Å². The maximum Gasteiger partial charge on any atom is 0.322 e. The highest BCUT2D eigenvalue weighted by Gasteiger charge is 2.17. The fraction of sp³-hybridized carbons (Fsp3) is 0.353.